The second-order valence-electron chi connectivity index (χ2n) is 4.99. The number of benzene rings is 1. The highest BCUT2D eigenvalue weighted by Crippen LogP contribution is 2.10. The molecule has 4 nitrogen and oxygen atoms in total. The molecule has 21 heavy (non-hydrogen) atoms. The van der Waals surface area contributed by atoms with Gasteiger partial charge in [0.25, 0.3) is 5.91 Å². The number of unbranched alkanes of at least 4 members (excludes halogenated alkanes) is 2. The van der Waals surface area contributed by atoms with E-state index < -0.39 is 0 Å². The zero-order valence-corrected chi connectivity index (χ0v) is 13.0. The summed E-state index contributed by atoms with van der Waals surface area (Å²) in [7, 11) is 1.82. The maximum Gasteiger partial charge on any atom is 0.256 e. The maximum absolute atomic E-state index is 12.3. The Bertz CT molecular complexity index is 568. The van der Waals surface area contributed by atoms with Crippen molar-refractivity contribution in [1.82, 2.24) is 14.7 Å². The van der Waals surface area contributed by atoms with E-state index in [1.807, 2.05) is 37.4 Å². The Morgan fingerprint density at radius 3 is 2.71 bits per heavy atom. The molecule has 0 spiro atoms. The minimum absolute atomic E-state index is 0.00283. The lowest BCUT2D eigenvalue weighted by molar-refractivity contribution is 0.0792. The number of amides is 1. The Hall–Kier alpha value is -1.81. The largest absolute Gasteiger partial charge is 0.342 e. The average Bonchev–Trinajstić information content (AvgIpc) is 3.01. The van der Waals surface area contributed by atoms with Crippen LogP contribution in [-0.2, 0) is 0 Å². The van der Waals surface area contributed by atoms with E-state index in [4.69, 9.17) is 11.6 Å². The summed E-state index contributed by atoms with van der Waals surface area (Å²) in [6.45, 7) is 0.742. The Balaban J connectivity index is 1.95. The normalized spacial score (nSPS) is 10.6. The molecule has 112 valence electrons. The van der Waals surface area contributed by atoms with Crippen LogP contribution < -0.4 is 0 Å². The van der Waals surface area contributed by atoms with E-state index in [1.165, 1.54) is 0 Å². The zero-order valence-electron chi connectivity index (χ0n) is 12.2. The SMILES string of the molecule is CN(CCCCCCl)C(=O)c1cnn(-c2ccccc2)c1. The molecule has 5 heteroatoms. The standard InChI is InChI=1S/C16H20ClN3O/c1-19(11-7-3-6-10-17)16(21)14-12-18-20(13-14)15-8-4-2-5-9-15/h2,4-5,8-9,12-13H,3,6-7,10-11H2,1H3. The molecule has 0 bridgehead atoms. The molecule has 1 heterocycles. The van der Waals surface area contributed by atoms with Crippen molar-refractivity contribution in [3.8, 4) is 5.69 Å². The van der Waals surface area contributed by atoms with E-state index in [0.717, 1.165) is 31.5 Å². The van der Waals surface area contributed by atoms with Gasteiger partial charge in [0.2, 0.25) is 0 Å². The van der Waals surface area contributed by atoms with Gasteiger partial charge in [-0.1, -0.05) is 24.6 Å². The fourth-order valence-corrected chi connectivity index (χ4v) is 2.29. The predicted molar refractivity (Wildman–Crippen MR) is 85.1 cm³/mol. The molecule has 0 atom stereocenters. The first kappa shape index (κ1) is 15.6. The fourth-order valence-electron chi connectivity index (χ4n) is 2.10. The summed E-state index contributed by atoms with van der Waals surface area (Å²) in [5.74, 6) is 0.685. The van der Waals surface area contributed by atoms with Gasteiger partial charge in [0.05, 0.1) is 17.4 Å². The first-order valence-corrected chi connectivity index (χ1v) is 7.67. The molecule has 0 fully saturated rings. The minimum Gasteiger partial charge on any atom is -0.342 e. The van der Waals surface area contributed by atoms with Crippen LogP contribution in [0.4, 0.5) is 0 Å². The third-order valence-corrected chi connectivity index (χ3v) is 3.59. The van der Waals surface area contributed by atoms with Crippen molar-refractivity contribution in [2.75, 3.05) is 19.5 Å². The summed E-state index contributed by atoms with van der Waals surface area (Å²) in [5.41, 5.74) is 1.56. The van der Waals surface area contributed by atoms with Crippen LogP contribution in [0.2, 0.25) is 0 Å². The topological polar surface area (TPSA) is 38.1 Å². The number of aromatic nitrogens is 2. The van der Waals surface area contributed by atoms with E-state index >= 15 is 0 Å². The fraction of sp³-hybridized carbons (Fsp3) is 0.375. The van der Waals surface area contributed by atoms with Crippen LogP contribution in [0.3, 0.4) is 0 Å². The second kappa shape index (κ2) is 7.84. The lowest BCUT2D eigenvalue weighted by Crippen LogP contribution is -2.27. The van der Waals surface area contributed by atoms with Crippen molar-refractivity contribution in [1.29, 1.82) is 0 Å². The number of hydrogen-bond acceptors (Lipinski definition) is 2. The third kappa shape index (κ3) is 4.33. The van der Waals surface area contributed by atoms with Crippen LogP contribution in [0.5, 0.6) is 0 Å². The highest BCUT2D eigenvalue weighted by molar-refractivity contribution is 6.17. The van der Waals surface area contributed by atoms with Crippen LogP contribution in [0, 0.1) is 0 Å². The van der Waals surface area contributed by atoms with Crippen molar-refractivity contribution in [3.63, 3.8) is 0 Å². The molecule has 0 radical (unpaired) electrons. The smallest absolute Gasteiger partial charge is 0.256 e. The van der Waals surface area contributed by atoms with Gasteiger partial charge in [0.1, 0.15) is 0 Å². The molecular weight excluding hydrogens is 286 g/mol. The van der Waals surface area contributed by atoms with E-state index in [0.29, 0.717) is 11.4 Å². The van der Waals surface area contributed by atoms with E-state index in [-0.39, 0.29) is 5.91 Å². The molecule has 0 aliphatic heterocycles. The highest BCUT2D eigenvalue weighted by atomic mass is 35.5. The van der Waals surface area contributed by atoms with E-state index in [9.17, 15) is 4.79 Å². The molecule has 0 saturated heterocycles. The van der Waals surface area contributed by atoms with E-state index in [1.54, 1.807) is 22.0 Å². The summed E-state index contributed by atoms with van der Waals surface area (Å²) >= 11 is 5.64. The van der Waals surface area contributed by atoms with Crippen molar-refractivity contribution < 1.29 is 4.79 Å². The molecule has 0 unspecified atom stereocenters. The molecule has 0 aliphatic rings. The number of alkyl halides is 1. The first-order valence-electron chi connectivity index (χ1n) is 7.14. The van der Waals surface area contributed by atoms with Gasteiger partial charge >= 0.3 is 0 Å². The molecular formula is C16H20ClN3O. The summed E-state index contributed by atoms with van der Waals surface area (Å²) in [6, 6.07) is 9.75. The lowest BCUT2D eigenvalue weighted by Gasteiger charge is -2.15. The molecule has 1 amide bonds. The number of nitrogens with zero attached hydrogens (tertiary/aromatic N) is 3. The predicted octanol–water partition coefficient (Wildman–Crippen LogP) is 3.35. The van der Waals surface area contributed by atoms with Crippen LogP contribution in [-0.4, -0.2) is 40.1 Å². The number of para-hydroxylation sites is 1. The first-order chi connectivity index (χ1) is 10.2. The van der Waals surface area contributed by atoms with Crippen molar-refractivity contribution in [2.45, 2.75) is 19.3 Å². The number of rotatable bonds is 7. The number of halogens is 1. The molecule has 0 aliphatic carbocycles. The Morgan fingerprint density at radius 1 is 1.24 bits per heavy atom. The number of hydrogen-bond donors (Lipinski definition) is 0. The molecule has 0 N–H and O–H groups in total. The Kier molecular flexibility index (Phi) is 5.81. The molecule has 2 aromatic rings. The van der Waals surface area contributed by atoms with Crippen molar-refractivity contribution >= 4 is 17.5 Å². The van der Waals surface area contributed by atoms with Crippen LogP contribution >= 0.6 is 11.6 Å². The van der Waals surface area contributed by atoms with Gasteiger partial charge in [-0.25, -0.2) is 4.68 Å². The van der Waals surface area contributed by atoms with Crippen LogP contribution in [0.25, 0.3) is 5.69 Å². The van der Waals surface area contributed by atoms with Crippen LogP contribution in [0.15, 0.2) is 42.7 Å². The third-order valence-electron chi connectivity index (χ3n) is 3.32. The monoisotopic (exact) mass is 305 g/mol. The average molecular weight is 306 g/mol. The van der Waals surface area contributed by atoms with Gasteiger partial charge in [-0.3, -0.25) is 4.79 Å². The zero-order chi connectivity index (χ0) is 15.1. The summed E-state index contributed by atoms with van der Waals surface area (Å²) < 4.78 is 1.72. The van der Waals surface area contributed by atoms with Gasteiger partial charge in [0, 0.05) is 25.7 Å². The van der Waals surface area contributed by atoms with Crippen LogP contribution in [0.1, 0.15) is 29.6 Å². The molecule has 1 aromatic carbocycles. The lowest BCUT2D eigenvalue weighted by atomic mass is 10.2. The molecule has 2 rings (SSSR count). The van der Waals surface area contributed by atoms with Gasteiger partial charge < -0.3 is 4.90 Å². The Morgan fingerprint density at radius 2 is 2.00 bits per heavy atom. The van der Waals surface area contributed by atoms with Gasteiger partial charge in [-0.05, 0) is 25.0 Å². The quantitative estimate of drug-likeness (QED) is 0.581. The number of carbonyl (C=O) groups excluding carboxylic acids is 1. The van der Waals surface area contributed by atoms with Crippen molar-refractivity contribution in [3.05, 3.63) is 48.3 Å². The second-order valence-corrected chi connectivity index (χ2v) is 5.36. The maximum atomic E-state index is 12.3. The molecule has 1 aromatic heterocycles. The van der Waals surface area contributed by atoms with E-state index in [2.05, 4.69) is 5.10 Å². The van der Waals surface area contributed by atoms with Crippen molar-refractivity contribution in [2.24, 2.45) is 0 Å². The summed E-state index contributed by atoms with van der Waals surface area (Å²) in [4.78, 5) is 14.0. The number of carbonyl (C=O) groups is 1. The minimum atomic E-state index is 0.00283. The Labute approximate surface area is 130 Å². The van der Waals surface area contributed by atoms with Gasteiger partial charge in [-0.2, -0.15) is 5.10 Å². The highest BCUT2D eigenvalue weighted by Gasteiger charge is 2.13. The van der Waals surface area contributed by atoms with Gasteiger partial charge in [0.15, 0.2) is 0 Å². The summed E-state index contributed by atoms with van der Waals surface area (Å²) in [6.07, 6.45) is 6.40. The summed E-state index contributed by atoms with van der Waals surface area (Å²) in [5, 5.41) is 4.25. The van der Waals surface area contributed by atoms with Gasteiger partial charge in [-0.15, -0.1) is 11.6 Å². The molecule has 0 saturated carbocycles.